The molecule has 1 aliphatic rings. The number of aromatic hydroxyl groups is 1. The molecule has 4 bridgehead atoms. The van der Waals surface area contributed by atoms with Crippen molar-refractivity contribution in [2.75, 3.05) is 46.4 Å². The predicted octanol–water partition coefficient (Wildman–Crippen LogP) is 1.30. The molecule has 5 rings (SSSR count). The maximum atomic E-state index is 14.8. The van der Waals surface area contributed by atoms with Crippen molar-refractivity contribution in [2.24, 2.45) is 17.2 Å². The number of carbonyl (C=O) groups is 5. The molecule has 12 N–H and O–H groups in total. The molecule has 5 atom stereocenters. The number of amides is 5. The van der Waals surface area contributed by atoms with Crippen LogP contribution in [0.5, 0.6) is 17.2 Å². The minimum Gasteiger partial charge on any atom is -0.504 e. The van der Waals surface area contributed by atoms with Crippen molar-refractivity contribution < 1.29 is 43.7 Å². The number of rotatable bonds is 16. The fourth-order valence-electron chi connectivity index (χ4n) is 7.79. The molecule has 1 aliphatic heterocycles. The molecule has 5 amide bonds. The van der Waals surface area contributed by atoms with Gasteiger partial charge in [0.1, 0.15) is 55.8 Å². The summed E-state index contributed by atoms with van der Waals surface area (Å²) in [5.41, 5.74) is 21.0. The Labute approximate surface area is 401 Å². The standard InChI is InChI=1S/C49H63N11O9/c1-26-40(27(2)56-43(55-26)30-9-11-32(12-10-30)49(4,5)6)46(65)58-36(14-15-50)48(67)60(7)41-31-22-35(42(62)39(23-31)69-25-33(61)24-53)34-20-29(8-13-38(34)68-19-17-52)21-37(45(64)54-18-16-51)59-44(63)28(3)57-47(41)66/h8-13,20,22-23,28,33,36-37,41,61-62H,14-15,17-19,21,24-25,50,52-53H2,1-7H3,(H,54,64)(H,57,66)(H,58,65)(H,59,63)/t28-,33+,36-,37-,41-/m0/s1. The largest absolute Gasteiger partial charge is 0.504 e. The van der Waals surface area contributed by atoms with E-state index in [0.29, 0.717) is 22.8 Å². The van der Waals surface area contributed by atoms with Gasteiger partial charge in [-0.3, -0.25) is 24.0 Å². The topological polar surface area (TPSA) is 323 Å². The third-order valence-corrected chi connectivity index (χ3v) is 11.5. The molecule has 4 aromatic rings. The van der Waals surface area contributed by atoms with Crippen LogP contribution < -0.4 is 47.9 Å². The number of ether oxygens (including phenoxy) is 2. The summed E-state index contributed by atoms with van der Waals surface area (Å²) in [6.45, 7) is 10.2. The van der Waals surface area contributed by atoms with Gasteiger partial charge < -0.3 is 63.1 Å². The summed E-state index contributed by atoms with van der Waals surface area (Å²) in [5, 5.41) is 42.1. The van der Waals surface area contributed by atoms with Crippen LogP contribution in [0.25, 0.3) is 22.5 Å². The zero-order chi connectivity index (χ0) is 50.7. The number of nitrogens with two attached hydrogens (primary N) is 3. The van der Waals surface area contributed by atoms with Gasteiger partial charge in [0.25, 0.3) is 5.91 Å². The normalized spacial score (nSPS) is 16.9. The molecule has 3 aromatic carbocycles. The number of aliphatic hydroxyl groups excluding tert-OH is 1. The SMILES string of the molecule is Cc1nc(-c2ccc(C(C)(C)C)cc2)nc(C)c1C(=O)N[C@@H](CCN)C(=O)N(C)[C@@H]1C(=O)N[C@@H](C)C(=O)N[C@H](C(=O)NCC#N)Cc2ccc(OCCN)c(c2)-c2cc1cc(OC[C@H](O)CN)c2O. The third-order valence-electron chi connectivity index (χ3n) is 11.5. The first-order valence-electron chi connectivity index (χ1n) is 22.6. The molecule has 20 heteroatoms. The Balaban J connectivity index is 1.62. The first-order chi connectivity index (χ1) is 32.7. The minimum absolute atomic E-state index is 0.0447. The van der Waals surface area contributed by atoms with Crippen LogP contribution in [0.3, 0.4) is 0 Å². The first-order valence-corrected chi connectivity index (χ1v) is 22.6. The summed E-state index contributed by atoms with van der Waals surface area (Å²) < 4.78 is 11.9. The lowest BCUT2D eigenvalue weighted by Gasteiger charge is -2.33. The summed E-state index contributed by atoms with van der Waals surface area (Å²) in [5.74, 6) is -3.81. The highest BCUT2D eigenvalue weighted by Crippen LogP contribution is 2.45. The lowest BCUT2D eigenvalue weighted by atomic mass is 9.86. The number of phenolic OH excluding ortho intramolecular Hbond substituents is 1. The molecule has 0 aliphatic carbocycles. The Bertz CT molecular complexity index is 2550. The van der Waals surface area contributed by atoms with E-state index >= 15 is 0 Å². The van der Waals surface area contributed by atoms with Gasteiger partial charge in [-0.15, -0.1) is 0 Å². The van der Waals surface area contributed by atoms with Gasteiger partial charge in [0.15, 0.2) is 17.3 Å². The van der Waals surface area contributed by atoms with Crippen LogP contribution in [-0.4, -0.2) is 125 Å². The van der Waals surface area contributed by atoms with E-state index in [2.05, 4.69) is 52.0 Å². The summed E-state index contributed by atoms with van der Waals surface area (Å²) in [7, 11) is 1.33. The number of aryl methyl sites for hydroxylation is 2. The van der Waals surface area contributed by atoms with Crippen molar-refractivity contribution >= 4 is 29.5 Å². The van der Waals surface area contributed by atoms with Crippen molar-refractivity contribution in [2.45, 2.75) is 90.1 Å². The monoisotopic (exact) mass is 949 g/mol. The molecule has 0 saturated heterocycles. The first kappa shape index (κ1) is 52.8. The van der Waals surface area contributed by atoms with E-state index in [1.54, 1.807) is 32.0 Å². The molecule has 20 nitrogen and oxygen atoms in total. The molecule has 0 spiro atoms. The summed E-state index contributed by atoms with van der Waals surface area (Å²) in [6, 6.07) is 11.8. The number of hydrogen-bond acceptors (Lipinski definition) is 15. The number of nitrogens with zero attached hydrogens (tertiary/aromatic N) is 4. The number of nitriles is 1. The molecule has 368 valence electrons. The van der Waals surface area contributed by atoms with E-state index in [4.69, 9.17) is 26.7 Å². The van der Waals surface area contributed by atoms with Crippen LogP contribution in [0, 0.1) is 25.2 Å². The van der Waals surface area contributed by atoms with E-state index in [9.17, 15) is 39.4 Å². The number of likely N-dealkylation sites (N-methyl/N-ethyl adjacent to an activating group) is 1. The maximum Gasteiger partial charge on any atom is 0.255 e. The highest BCUT2D eigenvalue weighted by Gasteiger charge is 2.37. The number of fused-ring (bicyclic) bond motifs is 5. The van der Waals surface area contributed by atoms with Crippen molar-refractivity contribution in [1.82, 2.24) is 36.1 Å². The minimum atomic E-state index is -1.61. The van der Waals surface area contributed by atoms with Gasteiger partial charge in [-0.25, -0.2) is 9.97 Å². The number of nitrogens with one attached hydrogen (secondary N) is 4. The van der Waals surface area contributed by atoms with Crippen LogP contribution in [-0.2, 0) is 31.0 Å². The van der Waals surface area contributed by atoms with E-state index < -0.39 is 65.6 Å². The molecular formula is C49H63N11O9. The number of hydrogen-bond donors (Lipinski definition) is 9. The van der Waals surface area contributed by atoms with E-state index in [0.717, 1.165) is 16.0 Å². The van der Waals surface area contributed by atoms with Crippen molar-refractivity contribution in [1.29, 1.82) is 5.26 Å². The van der Waals surface area contributed by atoms with Crippen LogP contribution in [0.1, 0.15) is 78.6 Å². The maximum absolute atomic E-state index is 14.8. The van der Waals surface area contributed by atoms with Crippen LogP contribution in [0.15, 0.2) is 54.6 Å². The summed E-state index contributed by atoms with van der Waals surface area (Å²) >= 11 is 0. The van der Waals surface area contributed by atoms with Crippen molar-refractivity contribution in [3.63, 3.8) is 0 Å². The molecule has 0 radical (unpaired) electrons. The summed E-state index contributed by atoms with van der Waals surface area (Å²) in [4.78, 5) is 81.3. The van der Waals surface area contributed by atoms with Gasteiger partial charge in [0, 0.05) is 43.2 Å². The highest BCUT2D eigenvalue weighted by molar-refractivity contribution is 6.00. The number of benzene rings is 3. The van der Waals surface area contributed by atoms with Crippen LogP contribution in [0.2, 0.25) is 0 Å². The fraction of sp³-hybridized carbons (Fsp3) is 0.429. The lowest BCUT2D eigenvalue weighted by Crippen LogP contribution is -2.56. The second kappa shape index (κ2) is 23.2. The Morgan fingerprint density at radius 3 is 2.23 bits per heavy atom. The molecular weight excluding hydrogens is 887 g/mol. The van der Waals surface area contributed by atoms with E-state index in [1.165, 1.54) is 26.1 Å². The van der Waals surface area contributed by atoms with Crippen LogP contribution >= 0.6 is 0 Å². The van der Waals surface area contributed by atoms with Gasteiger partial charge in [0.05, 0.1) is 23.0 Å². The van der Waals surface area contributed by atoms with Gasteiger partial charge in [-0.05, 0) is 80.1 Å². The number of aromatic nitrogens is 2. The van der Waals surface area contributed by atoms with Gasteiger partial charge in [-0.2, -0.15) is 5.26 Å². The smallest absolute Gasteiger partial charge is 0.255 e. The van der Waals surface area contributed by atoms with Gasteiger partial charge in [-0.1, -0.05) is 51.1 Å². The number of aliphatic hydroxyl groups is 1. The van der Waals surface area contributed by atoms with Crippen molar-refractivity contribution in [3.05, 3.63) is 88.2 Å². The Hall–Kier alpha value is -7.18. The molecule has 69 heavy (non-hydrogen) atoms. The highest BCUT2D eigenvalue weighted by atomic mass is 16.5. The van der Waals surface area contributed by atoms with Crippen LogP contribution in [0.4, 0.5) is 0 Å². The quantitative estimate of drug-likeness (QED) is 0.0715. The average Bonchev–Trinajstić information content (AvgIpc) is 3.31. The Kier molecular flexibility index (Phi) is 17.8. The lowest BCUT2D eigenvalue weighted by molar-refractivity contribution is -0.141. The number of carbonyl (C=O) groups excluding carboxylic acids is 5. The second-order valence-corrected chi connectivity index (χ2v) is 17.8. The molecule has 0 unspecified atom stereocenters. The molecule has 0 fully saturated rings. The zero-order valence-electron chi connectivity index (χ0n) is 40.0. The third kappa shape index (κ3) is 12.9. The Morgan fingerprint density at radius 2 is 1.62 bits per heavy atom. The number of phenols is 1. The van der Waals surface area contributed by atoms with Crippen molar-refractivity contribution in [3.8, 4) is 45.8 Å². The van der Waals surface area contributed by atoms with E-state index in [-0.39, 0.29) is 91.4 Å². The summed E-state index contributed by atoms with van der Waals surface area (Å²) in [6.07, 6.45) is -1.34. The zero-order valence-corrected chi connectivity index (χ0v) is 40.0. The average molecular weight is 950 g/mol. The Morgan fingerprint density at radius 1 is 0.942 bits per heavy atom. The molecule has 1 aromatic heterocycles. The van der Waals surface area contributed by atoms with Gasteiger partial charge >= 0.3 is 0 Å². The predicted molar refractivity (Wildman–Crippen MR) is 257 cm³/mol. The second-order valence-electron chi connectivity index (χ2n) is 17.8. The molecule has 2 heterocycles. The fourth-order valence-corrected chi connectivity index (χ4v) is 7.79. The van der Waals surface area contributed by atoms with Gasteiger partial charge in [0.2, 0.25) is 23.6 Å². The van der Waals surface area contributed by atoms with E-state index in [1.807, 2.05) is 30.3 Å². The molecule has 0 saturated carbocycles.